The lowest BCUT2D eigenvalue weighted by atomic mass is 9.82. The van der Waals surface area contributed by atoms with Crippen LogP contribution in [0.25, 0.3) is 93.8 Å². The molecule has 0 spiro atoms. The molecule has 0 amide bonds. The first-order valence-electron chi connectivity index (χ1n) is 23.9. The summed E-state index contributed by atoms with van der Waals surface area (Å²) in [5, 5.41) is 6.14. The van der Waals surface area contributed by atoms with Gasteiger partial charge in [-0.15, -0.1) is 0 Å². The van der Waals surface area contributed by atoms with Crippen molar-refractivity contribution in [2.75, 3.05) is 4.90 Å². The van der Waals surface area contributed by atoms with Crippen molar-refractivity contribution in [1.82, 2.24) is 13.7 Å². The number of aromatic nitrogens is 3. The van der Waals surface area contributed by atoms with Crippen molar-refractivity contribution in [1.29, 1.82) is 0 Å². The zero-order chi connectivity index (χ0) is 45.8. The molecule has 0 aliphatic heterocycles. The van der Waals surface area contributed by atoms with Crippen LogP contribution in [0.2, 0.25) is 0 Å². The molecule has 0 saturated heterocycles. The Bertz CT molecular complexity index is 4120. The van der Waals surface area contributed by atoms with Gasteiger partial charge in [-0.2, -0.15) is 0 Å². The monoisotopic (exact) mass is 882 g/mol. The van der Waals surface area contributed by atoms with Crippen molar-refractivity contribution >= 4 is 71.6 Å². The minimum atomic E-state index is -0.134. The van der Waals surface area contributed by atoms with Crippen molar-refractivity contribution in [2.45, 2.75) is 19.3 Å². The summed E-state index contributed by atoms with van der Waals surface area (Å²) in [4.78, 5) is 2.42. The average Bonchev–Trinajstić information content (AvgIpc) is 4.15. The zero-order valence-electron chi connectivity index (χ0n) is 38.4. The summed E-state index contributed by atoms with van der Waals surface area (Å²) in [6.45, 7) is 4.72. The van der Waals surface area contributed by atoms with Gasteiger partial charge >= 0.3 is 0 Å². The van der Waals surface area contributed by atoms with E-state index in [2.05, 4.69) is 275 Å². The normalized spacial score (nSPS) is 12.9. The van der Waals surface area contributed by atoms with Crippen molar-refractivity contribution in [2.24, 2.45) is 0 Å². The van der Waals surface area contributed by atoms with Crippen LogP contribution in [0.1, 0.15) is 25.0 Å². The highest BCUT2D eigenvalue weighted by Gasteiger charge is 2.36. The second-order valence-electron chi connectivity index (χ2n) is 19.0. The van der Waals surface area contributed by atoms with Crippen LogP contribution in [-0.4, -0.2) is 13.7 Å². The van der Waals surface area contributed by atoms with Gasteiger partial charge in [0.15, 0.2) is 0 Å². The highest BCUT2D eigenvalue weighted by Crippen LogP contribution is 2.51. The number of fused-ring (bicyclic) bond motifs is 12. The molecular weight excluding hydrogens is 837 g/mol. The van der Waals surface area contributed by atoms with E-state index in [0.29, 0.717) is 0 Å². The summed E-state index contributed by atoms with van der Waals surface area (Å²) in [5.41, 5.74) is 20.3. The van der Waals surface area contributed by atoms with E-state index in [0.717, 1.165) is 34.1 Å². The molecule has 4 nitrogen and oxygen atoms in total. The highest BCUT2D eigenvalue weighted by atomic mass is 15.1. The number of benzene rings is 10. The fourth-order valence-corrected chi connectivity index (χ4v) is 11.7. The van der Waals surface area contributed by atoms with Gasteiger partial charge in [-0.1, -0.05) is 153 Å². The predicted molar refractivity (Wildman–Crippen MR) is 290 cm³/mol. The first kappa shape index (κ1) is 39.3. The molecule has 1 aliphatic rings. The van der Waals surface area contributed by atoms with Gasteiger partial charge in [-0.05, 0) is 130 Å². The maximum Gasteiger partial charge on any atom is 0.0641 e. The average molecular weight is 883 g/mol. The predicted octanol–water partition coefficient (Wildman–Crippen LogP) is 17.3. The van der Waals surface area contributed by atoms with Gasteiger partial charge in [-0.25, -0.2) is 0 Å². The van der Waals surface area contributed by atoms with Crippen LogP contribution in [0.3, 0.4) is 0 Å². The van der Waals surface area contributed by atoms with E-state index in [9.17, 15) is 0 Å². The highest BCUT2D eigenvalue weighted by molar-refractivity contribution is 6.28. The molecule has 0 unspecified atom stereocenters. The molecule has 14 rings (SSSR count). The lowest BCUT2D eigenvalue weighted by Crippen LogP contribution is -2.16. The molecule has 10 aromatic carbocycles. The lowest BCUT2D eigenvalue weighted by Gasteiger charge is -2.28. The number of nitrogens with zero attached hydrogens (tertiary/aromatic N) is 4. The minimum Gasteiger partial charge on any atom is -0.316 e. The van der Waals surface area contributed by atoms with Crippen LogP contribution < -0.4 is 4.90 Å². The Labute approximate surface area is 400 Å². The SMILES string of the molecule is CC1(C)c2ccccc2-c2ccc(N(c3ccc(-c4ccccc4)cc3)c3ccc(-n4c5c(ccc6c5ccn6-c5ccccc5)c5ccc6c(c7ccccc7n6-c6ccccc6)c54)cc3)cc21. The Morgan fingerprint density at radius 2 is 0.913 bits per heavy atom. The Kier molecular flexibility index (Phi) is 8.59. The quantitative estimate of drug-likeness (QED) is 0.156. The van der Waals surface area contributed by atoms with Crippen LogP contribution in [0.5, 0.6) is 0 Å². The van der Waals surface area contributed by atoms with Crippen LogP contribution in [0, 0.1) is 0 Å². The van der Waals surface area contributed by atoms with Crippen molar-refractivity contribution in [3.8, 4) is 39.3 Å². The van der Waals surface area contributed by atoms with E-state index in [1.54, 1.807) is 0 Å². The van der Waals surface area contributed by atoms with Crippen LogP contribution in [-0.2, 0) is 5.41 Å². The van der Waals surface area contributed by atoms with Crippen molar-refractivity contribution < 1.29 is 0 Å². The second kappa shape index (κ2) is 15.1. The smallest absolute Gasteiger partial charge is 0.0641 e. The summed E-state index contributed by atoms with van der Waals surface area (Å²) >= 11 is 0. The number of hydrogen-bond donors (Lipinski definition) is 0. The summed E-state index contributed by atoms with van der Waals surface area (Å²) in [6, 6.07) is 86.8. The van der Waals surface area contributed by atoms with Gasteiger partial charge in [0.25, 0.3) is 0 Å². The molecule has 0 N–H and O–H groups in total. The van der Waals surface area contributed by atoms with Gasteiger partial charge in [0.05, 0.1) is 27.6 Å². The third kappa shape index (κ3) is 5.88. The molecule has 4 heteroatoms. The largest absolute Gasteiger partial charge is 0.316 e. The van der Waals surface area contributed by atoms with Crippen molar-refractivity contribution in [3.05, 3.63) is 254 Å². The molecule has 0 bridgehead atoms. The Morgan fingerprint density at radius 1 is 0.348 bits per heavy atom. The Balaban J connectivity index is 1.01. The molecule has 69 heavy (non-hydrogen) atoms. The third-order valence-corrected chi connectivity index (χ3v) is 14.9. The topological polar surface area (TPSA) is 18.0 Å². The van der Waals surface area contributed by atoms with Gasteiger partial charge < -0.3 is 18.6 Å². The van der Waals surface area contributed by atoms with Crippen LogP contribution in [0.4, 0.5) is 17.1 Å². The fraction of sp³-hybridized carbons (Fsp3) is 0.0462. The summed E-state index contributed by atoms with van der Waals surface area (Å²) in [6.07, 6.45) is 2.22. The molecule has 0 atom stereocenters. The van der Waals surface area contributed by atoms with E-state index in [1.165, 1.54) is 87.9 Å². The van der Waals surface area contributed by atoms with Crippen molar-refractivity contribution in [3.63, 3.8) is 0 Å². The van der Waals surface area contributed by atoms with Crippen LogP contribution >= 0.6 is 0 Å². The van der Waals surface area contributed by atoms with Crippen LogP contribution in [0.15, 0.2) is 243 Å². The standard InChI is InChI=1S/C65H46N4/c1-65(2)57-24-14-12-22-51(57)52-35-34-50(42-58(52)65)67(47-28-26-44(27-29-47)43-16-6-3-7-17-43)48-30-32-49(33-31-48)69-63-53(36-38-59-56(63)40-41-66(59)45-18-8-4-9-19-45)54-37-39-61-62(64(54)69)55-23-13-15-25-60(55)68(61)46-20-10-5-11-21-46/h3-42H,1-2H3. The van der Waals surface area contributed by atoms with E-state index in [-0.39, 0.29) is 5.41 Å². The molecule has 0 saturated carbocycles. The number of hydrogen-bond acceptors (Lipinski definition) is 1. The van der Waals surface area contributed by atoms with E-state index < -0.39 is 0 Å². The van der Waals surface area contributed by atoms with Gasteiger partial charge in [-0.3, -0.25) is 0 Å². The maximum atomic E-state index is 2.55. The molecule has 326 valence electrons. The van der Waals surface area contributed by atoms with E-state index in [4.69, 9.17) is 0 Å². The van der Waals surface area contributed by atoms with Gasteiger partial charge in [0.2, 0.25) is 0 Å². The fourth-order valence-electron chi connectivity index (χ4n) is 11.7. The zero-order valence-corrected chi connectivity index (χ0v) is 38.4. The second-order valence-corrected chi connectivity index (χ2v) is 19.0. The maximum absolute atomic E-state index is 2.55. The lowest BCUT2D eigenvalue weighted by molar-refractivity contribution is 0.660. The molecule has 3 heterocycles. The summed E-state index contributed by atoms with van der Waals surface area (Å²) < 4.78 is 7.28. The molecule has 13 aromatic rings. The Hall–Kier alpha value is -8.86. The molecule has 0 radical (unpaired) electrons. The Morgan fingerprint density at radius 3 is 1.67 bits per heavy atom. The molecule has 3 aromatic heterocycles. The number of rotatable bonds is 7. The molecular formula is C65H46N4. The first-order valence-corrected chi connectivity index (χ1v) is 23.9. The summed E-state index contributed by atoms with van der Waals surface area (Å²) in [5.74, 6) is 0. The van der Waals surface area contributed by atoms with E-state index >= 15 is 0 Å². The van der Waals surface area contributed by atoms with Gasteiger partial charge in [0.1, 0.15) is 0 Å². The minimum absolute atomic E-state index is 0.134. The third-order valence-electron chi connectivity index (χ3n) is 14.9. The molecule has 1 aliphatic carbocycles. The molecule has 0 fully saturated rings. The van der Waals surface area contributed by atoms with Gasteiger partial charge in [0, 0.05) is 72.7 Å². The summed E-state index contributed by atoms with van der Waals surface area (Å²) in [7, 11) is 0. The number of para-hydroxylation sites is 3. The number of anilines is 3. The van der Waals surface area contributed by atoms with E-state index in [1.807, 2.05) is 0 Å². The first-order chi connectivity index (χ1) is 34.0.